The second kappa shape index (κ2) is 7.55. The van der Waals surface area contributed by atoms with Crippen molar-refractivity contribution in [1.82, 2.24) is 4.90 Å². The number of aliphatic hydroxyl groups is 1. The Labute approximate surface area is 182 Å². The van der Waals surface area contributed by atoms with Gasteiger partial charge in [0.1, 0.15) is 16.8 Å². The maximum atomic E-state index is 13.3. The fraction of sp³-hybridized carbons (Fsp3) is 0.348. The Hall–Kier alpha value is -2.55. The Morgan fingerprint density at radius 2 is 1.84 bits per heavy atom. The molecule has 164 valence electrons. The summed E-state index contributed by atoms with van der Waals surface area (Å²) in [5, 5.41) is 11.3. The monoisotopic (exact) mass is 443 g/mol. The molecule has 2 aliphatic rings. The van der Waals surface area contributed by atoms with E-state index in [4.69, 9.17) is 5.73 Å². The van der Waals surface area contributed by atoms with Crippen LogP contribution in [-0.4, -0.2) is 36.3 Å². The molecule has 2 aromatic rings. The van der Waals surface area contributed by atoms with Gasteiger partial charge in [-0.2, -0.15) is 12.8 Å². The summed E-state index contributed by atoms with van der Waals surface area (Å²) in [4.78, 5) is 2.09. The number of hydrogen-bond acceptors (Lipinski definition) is 5. The number of sulfonamides is 1. The van der Waals surface area contributed by atoms with E-state index in [2.05, 4.69) is 4.40 Å². The van der Waals surface area contributed by atoms with E-state index in [0.717, 1.165) is 5.56 Å². The molecular formula is C23H26FN3O3S. The lowest BCUT2D eigenvalue weighted by molar-refractivity contribution is 0.0527. The third-order valence-electron chi connectivity index (χ3n) is 5.76. The molecule has 0 saturated carbocycles. The Morgan fingerprint density at radius 1 is 1.16 bits per heavy atom. The SMILES string of the molecule is CC(C)(C)C1[C@@H](O)C(C2=NS(=O)(=O)c3c(CN)cccc32)=CN1Cc1ccc(F)cc1. The molecule has 0 aliphatic carbocycles. The molecule has 4 rings (SSSR count). The topological polar surface area (TPSA) is 96.0 Å². The Morgan fingerprint density at radius 3 is 2.45 bits per heavy atom. The molecule has 0 saturated heterocycles. The van der Waals surface area contributed by atoms with E-state index >= 15 is 0 Å². The van der Waals surface area contributed by atoms with E-state index in [1.807, 2.05) is 25.7 Å². The second-order valence-electron chi connectivity index (χ2n) is 9.05. The number of halogens is 1. The zero-order valence-electron chi connectivity index (χ0n) is 17.7. The normalized spacial score (nSPS) is 22.3. The highest BCUT2D eigenvalue weighted by Crippen LogP contribution is 2.40. The molecule has 2 aromatic carbocycles. The van der Waals surface area contributed by atoms with Crippen LogP contribution in [0, 0.1) is 11.2 Å². The zero-order chi connectivity index (χ0) is 22.6. The first-order valence-electron chi connectivity index (χ1n) is 10.1. The Kier molecular flexibility index (Phi) is 5.28. The molecule has 2 aliphatic heterocycles. The number of aliphatic hydroxyl groups excluding tert-OH is 1. The van der Waals surface area contributed by atoms with Crippen LogP contribution in [0.15, 0.2) is 63.5 Å². The van der Waals surface area contributed by atoms with Crippen molar-refractivity contribution in [2.24, 2.45) is 15.5 Å². The summed E-state index contributed by atoms with van der Waals surface area (Å²) >= 11 is 0. The number of fused-ring (bicyclic) bond motifs is 1. The van der Waals surface area contributed by atoms with E-state index in [-0.39, 0.29) is 34.4 Å². The van der Waals surface area contributed by atoms with Crippen molar-refractivity contribution in [1.29, 1.82) is 0 Å². The molecule has 0 amide bonds. The first-order chi connectivity index (χ1) is 14.5. The minimum Gasteiger partial charge on any atom is -0.386 e. The van der Waals surface area contributed by atoms with Crippen molar-refractivity contribution in [3.05, 3.63) is 76.7 Å². The lowest BCUT2D eigenvalue weighted by Gasteiger charge is -2.38. The highest BCUT2D eigenvalue weighted by molar-refractivity contribution is 7.90. The van der Waals surface area contributed by atoms with Gasteiger partial charge >= 0.3 is 0 Å². The average Bonchev–Trinajstić information content (AvgIpc) is 3.17. The van der Waals surface area contributed by atoms with E-state index < -0.39 is 16.1 Å². The van der Waals surface area contributed by atoms with Crippen LogP contribution in [0.2, 0.25) is 0 Å². The second-order valence-corrected chi connectivity index (χ2v) is 10.6. The molecule has 3 N–H and O–H groups in total. The van der Waals surface area contributed by atoms with Crippen molar-refractivity contribution in [2.45, 2.75) is 50.9 Å². The van der Waals surface area contributed by atoms with Crippen LogP contribution in [-0.2, 0) is 23.1 Å². The van der Waals surface area contributed by atoms with E-state index in [0.29, 0.717) is 23.2 Å². The van der Waals surface area contributed by atoms with Gasteiger partial charge in [-0.25, -0.2) is 4.39 Å². The quantitative estimate of drug-likeness (QED) is 0.758. The van der Waals surface area contributed by atoms with Crippen LogP contribution in [0.1, 0.15) is 37.5 Å². The standard InChI is InChI=1S/C23H26FN3O3S/c1-23(2,3)22-20(28)18(13-27(22)12-14-7-9-16(24)10-8-14)19-17-6-4-5-15(11-25)21(17)31(29,30)26-19/h4-10,13,20,22,28H,11-12,25H2,1-3H3/t20-,22?/m0/s1. The number of rotatable bonds is 4. The lowest BCUT2D eigenvalue weighted by Crippen LogP contribution is -2.45. The maximum Gasteiger partial charge on any atom is 0.283 e. The van der Waals surface area contributed by atoms with Gasteiger partial charge in [-0.3, -0.25) is 0 Å². The van der Waals surface area contributed by atoms with Crippen molar-refractivity contribution >= 4 is 15.7 Å². The van der Waals surface area contributed by atoms with E-state index in [1.54, 1.807) is 36.5 Å². The van der Waals surface area contributed by atoms with Crippen LogP contribution in [0.5, 0.6) is 0 Å². The molecule has 0 fully saturated rings. The van der Waals surface area contributed by atoms with Gasteiger partial charge in [-0.1, -0.05) is 51.1 Å². The van der Waals surface area contributed by atoms with Gasteiger partial charge in [0.15, 0.2) is 0 Å². The predicted molar refractivity (Wildman–Crippen MR) is 117 cm³/mol. The van der Waals surface area contributed by atoms with Crippen molar-refractivity contribution in [2.75, 3.05) is 0 Å². The first-order valence-corrected chi connectivity index (χ1v) is 11.5. The minimum atomic E-state index is -3.90. The fourth-order valence-electron chi connectivity index (χ4n) is 4.46. The molecule has 1 unspecified atom stereocenters. The van der Waals surface area contributed by atoms with Gasteiger partial charge in [0.2, 0.25) is 0 Å². The van der Waals surface area contributed by atoms with Crippen molar-refractivity contribution in [3.8, 4) is 0 Å². The summed E-state index contributed by atoms with van der Waals surface area (Å²) in [6.45, 7) is 6.57. The molecule has 0 radical (unpaired) electrons. The minimum absolute atomic E-state index is 0.0775. The third-order valence-corrected chi connectivity index (χ3v) is 7.18. The fourth-order valence-corrected chi connectivity index (χ4v) is 5.92. The smallest absolute Gasteiger partial charge is 0.283 e. The zero-order valence-corrected chi connectivity index (χ0v) is 18.5. The summed E-state index contributed by atoms with van der Waals surface area (Å²) in [6.07, 6.45) is 0.838. The molecule has 31 heavy (non-hydrogen) atoms. The summed E-state index contributed by atoms with van der Waals surface area (Å²) in [5.41, 5.74) is 7.99. The van der Waals surface area contributed by atoms with Crippen molar-refractivity contribution in [3.63, 3.8) is 0 Å². The van der Waals surface area contributed by atoms with Gasteiger partial charge in [0.25, 0.3) is 10.0 Å². The summed E-state index contributed by atoms with van der Waals surface area (Å²) in [7, 11) is -3.90. The van der Waals surface area contributed by atoms with E-state index in [9.17, 15) is 17.9 Å². The van der Waals surface area contributed by atoms with Crippen molar-refractivity contribution < 1.29 is 17.9 Å². The van der Waals surface area contributed by atoms with Crippen LogP contribution < -0.4 is 5.73 Å². The van der Waals surface area contributed by atoms with Gasteiger partial charge < -0.3 is 15.7 Å². The number of nitrogens with zero attached hydrogens (tertiary/aromatic N) is 2. The molecule has 6 nitrogen and oxygen atoms in total. The predicted octanol–water partition coefficient (Wildman–Crippen LogP) is 2.95. The van der Waals surface area contributed by atoms with Crippen LogP contribution in [0.3, 0.4) is 0 Å². The molecule has 0 spiro atoms. The summed E-state index contributed by atoms with van der Waals surface area (Å²) < 4.78 is 42.9. The Bertz CT molecular complexity index is 1180. The number of hydrogen-bond donors (Lipinski definition) is 2. The lowest BCUT2D eigenvalue weighted by atomic mass is 9.81. The number of nitrogens with two attached hydrogens (primary N) is 1. The first kappa shape index (κ1) is 21.7. The van der Waals surface area contributed by atoms with E-state index in [1.165, 1.54) is 12.1 Å². The van der Waals surface area contributed by atoms with Crippen LogP contribution in [0.25, 0.3) is 0 Å². The maximum absolute atomic E-state index is 13.3. The Balaban J connectivity index is 1.79. The van der Waals surface area contributed by atoms with Gasteiger partial charge in [-0.15, -0.1) is 0 Å². The number of benzene rings is 2. The van der Waals surface area contributed by atoms with Gasteiger partial charge in [-0.05, 0) is 28.7 Å². The highest BCUT2D eigenvalue weighted by Gasteiger charge is 2.45. The molecule has 8 heteroatoms. The molecular weight excluding hydrogens is 417 g/mol. The van der Waals surface area contributed by atoms with Gasteiger partial charge in [0, 0.05) is 30.4 Å². The molecule has 0 aromatic heterocycles. The molecule has 2 heterocycles. The third kappa shape index (κ3) is 3.79. The van der Waals surface area contributed by atoms with Gasteiger partial charge in [0.05, 0.1) is 11.8 Å². The largest absolute Gasteiger partial charge is 0.386 e. The summed E-state index contributed by atoms with van der Waals surface area (Å²) in [5.74, 6) is -0.313. The van der Waals surface area contributed by atoms with Crippen LogP contribution in [0.4, 0.5) is 4.39 Å². The highest BCUT2D eigenvalue weighted by atomic mass is 32.2. The molecule has 0 bridgehead atoms. The molecule has 2 atom stereocenters. The van der Waals surface area contributed by atoms with Crippen LogP contribution >= 0.6 is 0 Å². The average molecular weight is 444 g/mol. The summed E-state index contributed by atoms with van der Waals surface area (Å²) in [6, 6.07) is 11.0.